The topological polar surface area (TPSA) is 36.9 Å². The Balaban J connectivity index is 2.76. The van der Waals surface area contributed by atoms with Gasteiger partial charge in [-0.2, -0.15) is 5.26 Å². The lowest BCUT2D eigenvalue weighted by Gasteiger charge is -1.93. The van der Waals surface area contributed by atoms with Crippen LogP contribution in [0.25, 0.3) is 11.0 Å². The highest BCUT2D eigenvalue weighted by atomic mass is 19.1. The minimum absolute atomic E-state index is 0.218. The van der Waals surface area contributed by atoms with Gasteiger partial charge in [0.1, 0.15) is 18.3 Å². The number of rotatable bonds is 1. The highest BCUT2D eigenvalue weighted by Gasteiger charge is 2.06. The first-order chi connectivity index (χ1) is 6.35. The van der Waals surface area contributed by atoms with Gasteiger partial charge in [-0.05, 0) is 0 Å². The monoisotopic (exact) mass is 175 g/mol. The van der Waals surface area contributed by atoms with Crippen LogP contribution in [-0.4, -0.2) is 0 Å². The third-order valence-electron chi connectivity index (χ3n) is 1.88. The second-order valence-corrected chi connectivity index (χ2v) is 2.69. The highest BCUT2D eigenvalue weighted by Crippen LogP contribution is 2.23. The van der Waals surface area contributed by atoms with Gasteiger partial charge in [-0.25, -0.2) is 4.39 Å². The Labute approximate surface area is 74.2 Å². The number of furan rings is 1. The van der Waals surface area contributed by atoms with Gasteiger partial charge in [0.15, 0.2) is 0 Å². The van der Waals surface area contributed by atoms with Crippen LogP contribution in [0.1, 0.15) is 11.3 Å². The summed E-state index contributed by atoms with van der Waals surface area (Å²) >= 11 is 0. The predicted octanol–water partition coefficient (Wildman–Crippen LogP) is 2.77. The highest BCUT2D eigenvalue weighted by molar-refractivity contribution is 5.81. The summed E-state index contributed by atoms with van der Waals surface area (Å²) in [5, 5.41) is 9.33. The number of hydrogen-bond donors (Lipinski definition) is 0. The van der Waals surface area contributed by atoms with E-state index in [0.717, 1.165) is 5.39 Å². The number of nitriles is 1. The third-order valence-corrected chi connectivity index (χ3v) is 1.88. The van der Waals surface area contributed by atoms with E-state index >= 15 is 0 Å². The molecule has 1 heterocycles. The summed E-state index contributed by atoms with van der Waals surface area (Å²) in [6, 6.07) is 8.66. The van der Waals surface area contributed by atoms with Crippen LogP contribution in [0.5, 0.6) is 0 Å². The van der Waals surface area contributed by atoms with Crippen molar-refractivity contribution in [2.75, 3.05) is 0 Å². The molecule has 1 aromatic heterocycles. The van der Waals surface area contributed by atoms with Gasteiger partial charge in [0.05, 0.1) is 0 Å². The first kappa shape index (κ1) is 7.81. The summed E-state index contributed by atoms with van der Waals surface area (Å²) in [5.74, 6) is 0.218. The lowest BCUT2D eigenvalue weighted by atomic mass is 10.2. The zero-order valence-electron chi connectivity index (χ0n) is 6.75. The molecule has 0 saturated carbocycles. The Bertz CT molecular complexity index is 481. The average molecular weight is 175 g/mol. The summed E-state index contributed by atoms with van der Waals surface area (Å²) in [5.41, 5.74) is 0.959. The molecular weight excluding hydrogens is 169 g/mol. The molecule has 0 saturated heterocycles. The number of fused-ring (bicyclic) bond motifs is 1. The molecule has 3 heteroatoms. The zero-order valence-corrected chi connectivity index (χ0v) is 6.75. The molecule has 0 aliphatic carbocycles. The SMILES string of the molecule is N#Cc1cc2cccc(CF)c2o1. The van der Waals surface area contributed by atoms with Crippen molar-refractivity contribution in [2.45, 2.75) is 6.67 Å². The molecule has 0 aliphatic heterocycles. The fraction of sp³-hybridized carbons (Fsp3) is 0.100. The molecule has 0 unspecified atom stereocenters. The van der Waals surface area contributed by atoms with E-state index in [0.29, 0.717) is 11.1 Å². The normalized spacial score (nSPS) is 10.2. The molecule has 0 fully saturated rings. The fourth-order valence-corrected chi connectivity index (χ4v) is 1.28. The van der Waals surface area contributed by atoms with Gasteiger partial charge in [0.25, 0.3) is 0 Å². The van der Waals surface area contributed by atoms with Crippen LogP contribution in [0.2, 0.25) is 0 Å². The Kier molecular flexibility index (Phi) is 1.75. The van der Waals surface area contributed by atoms with E-state index in [4.69, 9.17) is 9.68 Å². The summed E-state index contributed by atoms with van der Waals surface area (Å²) in [6.45, 7) is -0.574. The molecule has 13 heavy (non-hydrogen) atoms. The molecule has 0 spiro atoms. The molecule has 2 aromatic rings. The number of alkyl halides is 1. The number of para-hydroxylation sites is 1. The van der Waals surface area contributed by atoms with Gasteiger partial charge < -0.3 is 4.42 Å². The predicted molar refractivity (Wildman–Crippen MR) is 45.7 cm³/mol. The minimum Gasteiger partial charge on any atom is -0.445 e. The summed E-state index contributed by atoms with van der Waals surface area (Å²) in [7, 11) is 0. The molecule has 0 bridgehead atoms. The third kappa shape index (κ3) is 1.17. The Morgan fingerprint density at radius 2 is 2.31 bits per heavy atom. The number of halogens is 1. The van der Waals surface area contributed by atoms with Crippen molar-refractivity contribution < 1.29 is 8.81 Å². The Hall–Kier alpha value is -1.82. The number of hydrogen-bond acceptors (Lipinski definition) is 2. The van der Waals surface area contributed by atoms with E-state index in [1.807, 2.05) is 6.07 Å². The molecule has 2 nitrogen and oxygen atoms in total. The van der Waals surface area contributed by atoms with Crippen LogP contribution in [0.15, 0.2) is 28.7 Å². The van der Waals surface area contributed by atoms with E-state index in [-0.39, 0.29) is 5.76 Å². The fourth-order valence-electron chi connectivity index (χ4n) is 1.28. The van der Waals surface area contributed by atoms with Crippen LogP contribution in [0, 0.1) is 11.3 Å². The second kappa shape index (κ2) is 2.91. The standard InChI is InChI=1S/C10H6FNO/c11-5-8-3-1-2-7-4-9(6-12)13-10(7)8/h1-4H,5H2. The first-order valence-corrected chi connectivity index (χ1v) is 3.82. The van der Waals surface area contributed by atoms with Gasteiger partial charge in [-0.15, -0.1) is 0 Å². The maximum absolute atomic E-state index is 12.4. The van der Waals surface area contributed by atoms with E-state index in [2.05, 4.69) is 0 Å². The smallest absolute Gasteiger partial charge is 0.204 e. The first-order valence-electron chi connectivity index (χ1n) is 3.82. The quantitative estimate of drug-likeness (QED) is 0.668. The van der Waals surface area contributed by atoms with Gasteiger partial charge in [-0.1, -0.05) is 18.2 Å². The van der Waals surface area contributed by atoms with Crippen LogP contribution >= 0.6 is 0 Å². The van der Waals surface area contributed by atoms with Crippen molar-refractivity contribution in [3.8, 4) is 6.07 Å². The summed E-state index contributed by atoms with van der Waals surface area (Å²) in [4.78, 5) is 0. The van der Waals surface area contributed by atoms with Crippen LogP contribution in [0.3, 0.4) is 0 Å². The van der Waals surface area contributed by atoms with Gasteiger partial charge >= 0.3 is 0 Å². The molecule has 0 atom stereocenters. The van der Waals surface area contributed by atoms with E-state index in [1.165, 1.54) is 0 Å². The van der Waals surface area contributed by atoms with Gasteiger partial charge in [-0.3, -0.25) is 0 Å². The van der Waals surface area contributed by atoms with Crippen LogP contribution < -0.4 is 0 Å². The molecule has 1 aromatic carbocycles. The molecule has 0 N–H and O–H groups in total. The van der Waals surface area contributed by atoms with Crippen molar-refractivity contribution in [1.29, 1.82) is 5.26 Å². The van der Waals surface area contributed by atoms with Gasteiger partial charge in [0.2, 0.25) is 5.76 Å². The van der Waals surface area contributed by atoms with Crippen molar-refractivity contribution in [3.63, 3.8) is 0 Å². The van der Waals surface area contributed by atoms with E-state index in [9.17, 15) is 4.39 Å². The van der Waals surface area contributed by atoms with Crippen LogP contribution in [0.4, 0.5) is 4.39 Å². The number of nitrogens with zero attached hydrogens (tertiary/aromatic N) is 1. The summed E-state index contributed by atoms with van der Waals surface area (Å²) in [6.07, 6.45) is 0. The minimum atomic E-state index is -0.574. The van der Waals surface area contributed by atoms with E-state index in [1.54, 1.807) is 24.3 Å². The maximum atomic E-state index is 12.4. The average Bonchev–Trinajstić information content (AvgIpc) is 2.59. The second-order valence-electron chi connectivity index (χ2n) is 2.69. The molecular formula is C10H6FNO. The molecule has 64 valence electrons. The van der Waals surface area contributed by atoms with Crippen LogP contribution in [-0.2, 0) is 6.67 Å². The van der Waals surface area contributed by atoms with E-state index < -0.39 is 6.67 Å². The lowest BCUT2D eigenvalue weighted by Crippen LogP contribution is -1.77. The lowest BCUT2D eigenvalue weighted by molar-refractivity contribution is 0.480. The molecule has 0 amide bonds. The largest absolute Gasteiger partial charge is 0.445 e. The Morgan fingerprint density at radius 1 is 1.46 bits per heavy atom. The van der Waals surface area contributed by atoms with Crippen molar-refractivity contribution in [2.24, 2.45) is 0 Å². The van der Waals surface area contributed by atoms with Crippen molar-refractivity contribution in [3.05, 3.63) is 35.6 Å². The maximum Gasteiger partial charge on any atom is 0.204 e. The molecule has 0 radical (unpaired) electrons. The van der Waals surface area contributed by atoms with Crippen molar-refractivity contribution in [1.82, 2.24) is 0 Å². The Morgan fingerprint density at radius 3 is 3.00 bits per heavy atom. The molecule has 2 rings (SSSR count). The zero-order chi connectivity index (χ0) is 9.26. The van der Waals surface area contributed by atoms with Gasteiger partial charge in [0, 0.05) is 17.0 Å². The number of benzene rings is 1. The molecule has 0 aliphatic rings. The summed E-state index contributed by atoms with van der Waals surface area (Å²) < 4.78 is 17.6. The van der Waals surface area contributed by atoms with Crippen molar-refractivity contribution >= 4 is 11.0 Å².